The Morgan fingerprint density at radius 2 is 1.68 bits per heavy atom. The Balaban J connectivity index is 1.09. The second kappa shape index (κ2) is 8.92. The number of ether oxygens (including phenoxy) is 1. The maximum Gasteiger partial charge on any atom is 0.175 e. The lowest BCUT2D eigenvalue weighted by molar-refractivity contribution is 0.201. The van der Waals surface area contributed by atoms with E-state index in [0.29, 0.717) is 11.4 Å². The summed E-state index contributed by atoms with van der Waals surface area (Å²) in [5.74, 6) is 1.71. The molecule has 8 nitrogen and oxygen atoms in total. The standard InChI is InChI=1S/C25H25N7OS/c34-25-28-19-4-2-6-21(23(19)30-25)33-16-15-31-11-13-32(14-12-31)20-5-1-3-18-22(20)29-24(27-18)17-7-9-26-10-8-17/h1-10H,11-16H2,(H,27,29)(H2,28,30,34). The predicted octanol–water partition coefficient (Wildman–Crippen LogP) is 4.36. The molecule has 0 radical (unpaired) electrons. The van der Waals surface area contributed by atoms with Gasteiger partial charge in [0.15, 0.2) is 4.77 Å². The van der Waals surface area contributed by atoms with Crippen molar-refractivity contribution < 1.29 is 4.74 Å². The number of aromatic amines is 3. The highest BCUT2D eigenvalue weighted by molar-refractivity contribution is 7.71. The van der Waals surface area contributed by atoms with Gasteiger partial charge in [-0.2, -0.15) is 0 Å². The molecule has 1 fully saturated rings. The van der Waals surface area contributed by atoms with E-state index < -0.39 is 0 Å². The third-order valence-electron chi connectivity index (χ3n) is 6.34. The lowest BCUT2D eigenvalue weighted by Gasteiger charge is -2.36. The minimum atomic E-state index is 0.613. The topological polar surface area (TPSA) is 88.9 Å². The zero-order valence-electron chi connectivity index (χ0n) is 18.6. The molecule has 0 unspecified atom stereocenters. The largest absolute Gasteiger partial charge is 0.490 e. The molecule has 1 saturated heterocycles. The molecule has 34 heavy (non-hydrogen) atoms. The summed E-state index contributed by atoms with van der Waals surface area (Å²) in [6, 6.07) is 16.2. The van der Waals surface area contributed by atoms with Gasteiger partial charge in [-0.25, -0.2) is 4.98 Å². The van der Waals surface area contributed by atoms with Crippen molar-refractivity contribution in [2.45, 2.75) is 0 Å². The number of anilines is 1. The van der Waals surface area contributed by atoms with E-state index in [1.807, 2.05) is 30.3 Å². The maximum atomic E-state index is 6.08. The maximum absolute atomic E-state index is 6.08. The van der Waals surface area contributed by atoms with Crippen LogP contribution in [-0.4, -0.2) is 69.2 Å². The summed E-state index contributed by atoms with van der Waals surface area (Å²) in [7, 11) is 0. The van der Waals surface area contributed by atoms with Crippen molar-refractivity contribution in [3.8, 4) is 17.1 Å². The van der Waals surface area contributed by atoms with Gasteiger partial charge in [0.2, 0.25) is 0 Å². The van der Waals surface area contributed by atoms with Crippen molar-refractivity contribution in [3.63, 3.8) is 0 Å². The number of nitrogens with one attached hydrogen (secondary N) is 3. The van der Waals surface area contributed by atoms with Crippen LogP contribution in [0.1, 0.15) is 0 Å². The van der Waals surface area contributed by atoms with Crippen molar-refractivity contribution in [1.29, 1.82) is 0 Å². The summed E-state index contributed by atoms with van der Waals surface area (Å²) in [6.07, 6.45) is 3.58. The Bertz CT molecular complexity index is 1480. The fourth-order valence-corrected chi connectivity index (χ4v) is 4.78. The molecule has 0 amide bonds. The van der Waals surface area contributed by atoms with Crippen molar-refractivity contribution >= 4 is 40.0 Å². The number of H-pyrrole nitrogens is 3. The van der Waals surface area contributed by atoms with Gasteiger partial charge in [0.05, 0.1) is 16.7 Å². The van der Waals surface area contributed by atoms with Crippen molar-refractivity contribution in [3.05, 3.63) is 65.7 Å². The summed E-state index contributed by atoms with van der Waals surface area (Å²) in [4.78, 5) is 23.7. The Morgan fingerprint density at radius 3 is 2.53 bits per heavy atom. The molecule has 0 saturated carbocycles. The molecule has 1 aliphatic rings. The normalized spacial score (nSPS) is 14.8. The number of nitrogens with zero attached hydrogens (tertiary/aromatic N) is 4. The monoisotopic (exact) mass is 471 g/mol. The number of benzene rings is 2. The van der Waals surface area contributed by atoms with Gasteiger partial charge in [0.1, 0.15) is 29.2 Å². The summed E-state index contributed by atoms with van der Waals surface area (Å²) < 4.78 is 6.69. The average molecular weight is 472 g/mol. The molecule has 9 heteroatoms. The predicted molar refractivity (Wildman–Crippen MR) is 137 cm³/mol. The minimum absolute atomic E-state index is 0.613. The van der Waals surface area contributed by atoms with Gasteiger partial charge in [0.25, 0.3) is 0 Å². The number of para-hydroxylation sites is 2. The van der Waals surface area contributed by atoms with E-state index in [4.69, 9.17) is 21.9 Å². The number of hydrogen-bond acceptors (Lipinski definition) is 6. The molecule has 2 aromatic carbocycles. The highest BCUT2D eigenvalue weighted by atomic mass is 32.1. The Morgan fingerprint density at radius 1 is 0.882 bits per heavy atom. The number of aromatic nitrogens is 5. The van der Waals surface area contributed by atoms with Crippen LogP contribution in [0.5, 0.6) is 5.75 Å². The van der Waals surface area contributed by atoms with E-state index in [9.17, 15) is 0 Å². The fraction of sp³-hybridized carbons (Fsp3) is 0.240. The molecule has 0 atom stereocenters. The molecule has 0 bridgehead atoms. The molecule has 1 aliphatic heterocycles. The first kappa shape index (κ1) is 20.9. The number of rotatable bonds is 6. The summed E-state index contributed by atoms with van der Waals surface area (Å²) in [5, 5.41) is 0. The van der Waals surface area contributed by atoms with E-state index in [2.05, 4.69) is 47.9 Å². The lowest BCUT2D eigenvalue weighted by atomic mass is 10.2. The van der Waals surface area contributed by atoms with Crippen molar-refractivity contribution in [2.24, 2.45) is 0 Å². The summed E-state index contributed by atoms with van der Waals surface area (Å²) in [5.41, 5.74) is 6.19. The molecular formula is C25H25N7OS. The smallest absolute Gasteiger partial charge is 0.175 e. The molecule has 172 valence electrons. The minimum Gasteiger partial charge on any atom is -0.490 e. The second-order valence-corrected chi connectivity index (χ2v) is 8.84. The van der Waals surface area contributed by atoms with E-state index in [1.165, 1.54) is 5.69 Å². The number of piperazine rings is 1. The van der Waals surface area contributed by atoms with Crippen LogP contribution in [0.25, 0.3) is 33.5 Å². The quantitative estimate of drug-likeness (QED) is 0.319. The van der Waals surface area contributed by atoms with Crippen LogP contribution < -0.4 is 9.64 Å². The van der Waals surface area contributed by atoms with Gasteiger partial charge in [-0.15, -0.1) is 0 Å². The van der Waals surface area contributed by atoms with Crippen LogP contribution in [-0.2, 0) is 0 Å². The van der Waals surface area contributed by atoms with Crippen LogP contribution in [0, 0.1) is 4.77 Å². The van der Waals surface area contributed by atoms with Gasteiger partial charge in [-0.3, -0.25) is 9.88 Å². The van der Waals surface area contributed by atoms with E-state index in [-0.39, 0.29) is 0 Å². The SMILES string of the molecule is S=c1[nH]c2cccc(OCCN3CCN(c4cccc5[nH]c(-c6ccncc6)nc45)CC3)c2[nH]1. The highest BCUT2D eigenvalue weighted by Crippen LogP contribution is 2.29. The first-order valence-corrected chi connectivity index (χ1v) is 11.9. The Kier molecular flexibility index (Phi) is 5.48. The third-order valence-corrected chi connectivity index (χ3v) is 6.54. The lowest BCUT2D eigenvalue weighted by Crippen LogP contribution is -2.47. The van der Waals surface area contributed by atoms with Gasteiger partial charge in [-0.1, -0.05) is 12.1 Å². The van der Waals surface area contributed by atoms with Crippen LogP contribution in [0.2, 0.25) is 0 Å². The van der Waals surface area contributed by atoms with Gasteiger partial charge < -0.3 is 24.6 Å². The fourth-order valence-electron chi connectivity index (χ4n) is 4.57. The molecule has 5 aromatic rings. The van der Waals surface area contributed by atoms with Gasteiger partial charge in [-0.05, 0) is 48.6 Å². The number of imidazole rings is 2. The first-order valence-electron chi connectivity index (χ1n) is 11.4. The zero-order chi connectivity index (χ0) is 22.9. The van der Waals surface area contributed by atoms with Gasteiger partial charge >= 0.3 is 0 Å². The van der Waals surface area contributed by atoms with Crippen LogP contribution >= 0.6 is 12.2 Å². The van der Waals surface area contributed by atoms with Crippen molar-refractivity contribution in [1.82, 2.24) is 29.8 Å². The third kappa shape index (κ3) is 4.04. The Hall–Kier alpha value is -3.69. The number of hydrogen-bond donors (Lipinski definition) is 3. The van der Waals surface area contributed by atoms with E-state index in [0.717, 1.165) is 71.9 Å². The molecule has 4 heterocycles. The van der Waals surface area contributed by atoms with Crippen LogP contribution in [0.4, 0.5) is 5.69 Å². The molecule has 3 aromatic heterocycles. The second-order valence-electron chi connectivity index (χ2n) is 8.43. The van der Waals surface area contributed by atoms with Gasteiger partial charge in [0, 0.05) is 50.7 Å². The molecule has 0 spiro atoms. The summed E-state index contributed by atoms with van der Waals surface area (Å²) >= 11 is 5.21. The molecular weight excluding hydrogens is 446 g/mol. The number of fused-ring (bicyclic) bond motifs is 2. The van der Waals surface area contributed by atoms with E-state index >= 15 is 0 Å². The highest BCUT2D eigenvalue weighted by Gasteiger charge is 2.20. The van der Waals surface area contributed by atoms with Crippen LogP contribution in [0.3, 0.4) is 0 Å². The van der Waals surface area contributed by atoms with Crippen LogP contribution in [0.15, 0.2) is 60.9 Å². The van der Waals surface area contributed by atoms with Crippen molar-refractivity contribution in [2.75, 3.05) is 44.2 Å². The van der Waals surface area contributed by atoms with E-state index in [1.54, 1.807) is 12.4 Å². The molecule has 3 N–H and O–H groups in total. The molecule has 6 rings (SSSR count). The zero-order valence-corrected chi connectivity index (χ0v) is 19.4. The first-order chi connectivity index (χ1) is 16.7. The Labute approximate surface area is 201 Å². The molecule has 0 aliphatic carbocycles. The summed E-state index contributed by atoms with van der Waals surface area (Å²) in [6.45, 7) is 5.40. The number of pyridine rings is 1. The average Bonchev–Trinajstić information content (AvgIpc) is 3.48.